The number of carbonyl (C=O) groups is 1. The maximum atomic E-state index is 13.4. The highest BCUT2D eigenvalue weighted by molar-refractivity contribution is 5.72. The van der Waals surface area contributed by atoms with Crippen molar-refractivity contribution in [1.82, 2.24) is 0 Å². The largest absolute Gasteiger partial charge is 0.420 e. The summed E-state index contributed by atoms with van der Waals surface area (Å²) in [5.41, 5.74) is 0. The molecule has 7 nitrogen and oxygen atoms in total. The molecule has 0 atom stereocenters. The standard InChI is InChI=1S/C21H29F5O7/c1-2-3-5-28-7-9-30-11-13-32-14-12-31-10-8-29-6-4-15(27)33-21-19(25)17(23)16(22)18(24)20(21)26/h2-14H2,1H3. The van der Waals surface area contributed by atoms with Crippen molar-refractivity contribution in [2.75, 3.05) is 66.1 Å². The first-order chi connectivity index (χ1) is 15.9. The van der Waals surface area contributed by atoms with E-state index in [1.165, 1.54) is 0 Å². The third-order valence-corrected chi connectivity index (χ3v) is 3.97. The fourth-order valence-corrected chi connectivity index (χ4v) is 2.22. The second-order valence-electron chi connectivity index (χ2n) is 6.54. The Hall–Kier alpha value is -1.86. The maximum absolute atomic E-state index is 13.4. The summed E-state index contributed by atoms with van der Waals surface area (Å²) in [6.45, 7) is 5.52. The van der Waals surface area contributed by atoms with Gasteiger partial charge in [-0.05, 0) is 6.42 Å². The third kappa shape index (κ3) is 11.7. The summed E-state index contributed by atoms with van der Waals surface area (Å²) >= 11 is 0. The average molecular weight is 488 g/mol. The van der Waals surface area contributed by atoms with Gasteiger partial charge in [0.15, 0.2) is 0 Å². The van der Waals surface area contributed by atoms with Crippen molar-refractivity contribution in [3.63, 3.8) is 0 Å². The van der Waals surface area contributed by atoms with Gasteiger partial charge >= 0.3 is 5.97 Å². The van der Waals surface area contributed by atoms with Gasteiger partial charge in [0.05, 0.1) is 65.9 Å². The lowest BCUT2D eigenvalue weighted by atomic mass is 10.2. The van der Waals surface area contributed by atoms with Crippen LogP contribution in [0.1, 0.15) is 26.2 Å². The number of halogens is 5. The topological polar surface area (TPSA) is 72.5 Å². The van der Waals surface area contributed by atoms with Crippen molar-refractivity contribution >= 4 is 5.97 Å². The first-order valence-electron chi connectivity index (χ1n) is 10.5. The zero-order valence-corrected chi connectivity index (χ0v) is 18.4. The Kier molecular flexibility index (Phi) is 15.6. The quantitative estimate of drug-likeness (QED) is 0.0737. The highest BCUT2D eigenvalue weighted by Gasteiger charge is 2.28. The van der Waals surface area contributed by atoms with Crippen molar-refractivity contribution in [2.24, 2.45) is 0 Å². The molecule has 0 saturated heterocycles. The van der Waals surface area contributed by atoms with Crippen LogP contribution >= 0.6 is 0 Å². The highest BCUT2D eigenvalue weighted by Crippen LogP contribution is 2.29. The number of benzene rings is 1. The Bertz CT molecular complexity index is 677. The average Bonchev–Trinajstić information content (AvgIpc) is 2.81. The summed E-state index contributed by atoms with van der Waals surface area (Å²) in [5.74, 6) is -14.1. The molecule has 1 rings (SSSR count). The lowest BCUT2D eigenvalue weighted by Crippen LogP contribution is -2.16. The van der Waals surface area contributed by atoms with Gasteiger partial charge in [0.1, 0.15) is 0 Å². The maximum Gasteiger partial charge on any atom is 0.313 e. The van der Waals surface area contributed by atoms with Gasteiger partial charge in [-0.25, -0.2) is 13.2 Å². The van der Waals surface area contributed by atoms with Crippen LogP contribution in [0.25, 0.3) is 0 Å². The zero-order valence-electron chi connectivity index (χ0n) is 18.4. The number of ether oxygens (including phenoxy) is 6. The molecule has 1 aromatic rings. The minimum Gasteiger partial charge on any atom is -0.420 e. The van der Waals surface area contributed by atoms with Crippen LogP contribution in [-0.4, -0.2) is 72.0 Å². The monoisotopic (exact) mass is 488 g/mol. The molecule has 0 spiro atoms. The van der Waals surface area contributed by atoms with E-state index in [-0.39, 0.29) is 19.8 Å². The summed E-state index contributed by atoms with van der Waals surface area (Å²) in [6.07, 6.45) is 1.66. The molecule has 0 bridgehead atoms. The number of carbonyl (C=O) groups excluding carboxylic acids is 1. The Balaban J connectivity index is 1.99. The molecule has 0 radical (unpaired) electrons. The van der Waals surface area contributed by atoms with E-state index < -0.39 is 47.2 Å². The summed E-state index contributed by atoms with van der Waals surface area (Å²) < 4.78 is 96.5. The van der Waals surface area contributed by atoms with Crippen LogP contribution in [0.2, 0.25) is 0 Å². The molecule has 0 aliphatic heterocycles. The Morgan fingerprint density at radius 2 is 0.939 bits per heavy atom. The lowest BCUT2D eigenvalue weighted by Gasteiger charge is -2.09. The fraction of sp³-hybridized carbons (Fsp3) is 0.667. The smallest absolute Gasteiger partial charge is 0.313 e. The van der Waals surface area contributed by atoms with Crippen LogP contribution in [0.4, 0.5) is 22.0 Å². The van der Waals surface area contributed by atoms with Crippen molar-refractivity contribution < 1.29 is 55.2 Å². The van der Waals surface area contributed by atoms with Crippen LogP contribution in [0, 0.1) is 29.1 Å². The van der Waals surface area contributed by atoms with Gasteiger partial charge in [0.25, 0.3) is 0 Å². The number of rotatable bonds is 19. The molecule has 0 saturated carbocycles. The lowest BCUT2D eigenvalue weighted by molar-refractivity contribution is -0.136. The van der Waals surface area contributed by atoms with Crippen molar-refractivity contribution in [1.29, 1.82) is 0 Å². The van der Waals surface area contributed by atoms with Gasteiger partial charge in [0.2, 0.25) is 34.8 Å². The van der Waals surface area contributed by atoms with E-state index in [0.717, 1.165) is 19.4 Å². The van der Waals surface area contributed by atoms with Crippen LogP contribution in [0.3, 0.4) is 0 Å². The molecule has 0 aliphatic carbocycles. The number of unbranched alkanes of at least 4 members (excludes halogenated alkanes) is 1. The minimum atomic E-state index is -2.34. The number of esters is 1. The summed E-state index contributed by atoms with van der Waals surface area (Å²) in [6, 6.07) is 0. The van der Waals surface area contributed by atoms with E-state index >= 15 is 0 Å². The van der Waals surface area contributed by atoms with Crippen LogP contribution in [0.5, 0.6) is 5.75 Å². The van der Waals surface area contributed by atoms with Gasteiger partial charge in [-0.2, -0.15) is 8.78 Å². The minimum absolute atomic E-state index is 0.108. The Morgan fingerprint density at radius 3 is 1.36 bits per heavy atom. The van der Waals surface area contributed by atoms with Crippen molar-refractivity contribution in [3.05, 3.63) is 29.1 Å². The second kappa shape index (κ2) is 17.6. The Labute approximate surface area is 189 Å². The predicted molar refractivity (Wildman–Crippen MR) is 105 cm³/mol. The highest BCUT2D eigenvalue weighted by atomic mass is 19.2. The molecule has 33 heavy (non-hydrogen) atoms. The van der Waals surface area contributed by atoms with Gasteiger partial charge in [-0.1, -0.05) is 13.3 Å². The van der Waals surface area contributed by atoms with Crippen molar-refractivity contribution in [3.8, 4) is 5.75 Å². The van der Waals surface area contributed by atoms with E-state index in [0.29, 0.717) is 39.6 Å². The first-order valence-corrected chi connectivity index (χ1v) is 10.5. The van der Waals surface area contributed by atoms with Gasteiger partial charge in [0, 0.05) is 6.61 Å². The van der Waals surface area contributed by atoms with E-state index in [1.54, 1.807) is 0 Å². The van der Waals surface area contributed by atoms with E-state index in [2.05, 4.69) is 11.7 Å². The van der Waals surface area contributed by atoms with Crippen LogP contribution in [0.15, 0.2) is 0 Å². The zero-order chi connectivity index (χ0) is 24.5. The fourth-order valence-electron chi connectivity index (χ4n) is 2.22. The molecule has 0 aromatic heterocycles. The van der Waals surface area contributed by atoms with E-state index in [4.69, 9.17) is 23.7 Å². The van der Waals surface area contributed by atoms with E-state index in [9.17, 15) is 26.7 Å². The van der Waals surface area contributed by atoms with Gasteiger partial charge in [-0.3, -0.25) is 4.79 Å². The van der Waals surface area contributed by atoms with Gasteiger partial charge in [-0.15, -0.1) is 0 Å². The molecule has 0 aliphatic rings. The van der Waals surface area contributed by atoms with Crippen LogP contribution < -0.4 is 4.74 Å². The first kappa shape index (κ1) is 29.2. The summed E-state index contributed by atoms with van der Waals surface area (Å²) in [4.78, 5) is 11.5. The second-order valence-corrected chi connectivity index (χ2v) is 6.54. The molecule has 190 valence electrons. The van der Waals surface area contributed by atoms with Crippen molar-refractivity contribution in [2.45, 2.75) is 26.2 Å². The molecule has 0 fully saturated rings. The molecule has 0 heterocycles. The number of hydrogen-bond donors (Lipinski definition) is 0. The normalized spacial score (nSPS) is 11.2. The van der Waals surface area contributed by atoms with Crippen LogP contribution in [-0.2, 0) is 28.5 Å². The molecular formula is C21H29F5O7. The third-order valence-electron chi connectivity index (χ3n) is 3.97. The summed E-state index contributed by atoms with van der Waals surface area (Å²) in [7, 11) is 0. The SMILES string of the molecule is CCCCOCCOCCOCCOCCOCCC(=O)Oc1c(F)c(F)c(F)c(F)c1F. The molecule has 0 unspecified atom stereocenters. The number of hydrogen-bond acceptors (Lipinski definition) is 7. The summed E-state index contributed by atoms with van der Waals surface area (Å²) in [5, 5.41) is 0. The molecule has 12 heteroatoms. The molecule has 0 amide bonds. The molecular weight excluding hydrogens is 459 g/mol. The molecule has 1 aromatic carbocycles. The van der Waals surface area contributed by atoms with E-state index in [1.807, 2.05) is 0 Å². The van der Waals surface area contributed by atoms with Gasteiger partial charge < -0.3 is 28.4 Å². The molecule has 0 N–H and O–H groups in total. The predicted octanol–water partition coefficient (Wildman–Crippen LogP) is 3.56. The Morgan fingerprint density at radius 1 is 0.576 bits per heavy atom.